The Hall–Kier alpha value is -2.10. The Morgan fingerprint density at radius 1 is 1.11 bits per heavy atom. The minimum absolute atomic E-state index is 0.00277. The molecule has 2 aromatic carbocycles. The molecule has 152 valence electrons. The lowest BCUT2D eigenvalue weighted by atomic mass is 10.1. The molecule has 2 rings (SSSR count). The second-order valence-corrected chi connectivity index (χ2v) is 8.69. The van der Waals surface area contributed by atoms with Gasteiger partial charge in [-0.25, -0.2) is 12.7 Å². The minimum atomic E-state index is -4.40. The lowest BCUT2D eigenvalue weighted by Crippen LogP contribution is -2.27. The molecule has 0 spiro atoms. The molecule has 0 unspecified atom stereocenters. The van der Waals surface area contributed by atoms with Crippen LogP contribution in [-0.2, 0) is 22.6 Å². The van der Waals surface area contributed by atoms with Crippen molar-refractivity contribution >= 4 is 27.5 Å². The lowest BCUT2D eigenvalue weighted by Gasteiger charge is -2.13. The van der Waals surface area contributed by atoms with Crippen molar-refractivity contribution in [3.63, 3.8) is 0 Å². The minimum Gasteiger partial charge on any atom is -0.352 e. The van der Waals surface area contributed by atoms with Crippen LogP contribution >= 0.6 is 11.6 Å². The van der Waals surface area contributed by atoms with Crippen molar-refractivity contribution < 1.29 is 26.4 Å². The summed E-state index contributed by atoms with van der Waals surface area (Å²) in [7, 11) is -0.989. The Bertz CT molecular complexity index is 959. The van der Waals surface area contributed by atoms with E-state index in [1.54, 1.807) is 0 Å². The quantitative estimate of drug-likeness (QED) is 0.755. The molecule has 0 aliphatic heterocycles. The molecule has 0 heterocycles. The van der Waals surface area contributed by atoms with Gasteiger partial charge >= 0.3 is 6.18 Å². The molecule has 1 amide bonds. The Kier molecular flexibility index (Phi) is 6.74. The van der Waals surface area contributed by atoms with Gasteiger partial charge in [0.05, 0.1) is 21.0 Å². The van der Waals surface area contributed by atoms with Crippen LogP contribution in [0.2, 0.25) is 5.02 Å². The number of amides is 1. The normalized spacial score (nSPS) is 12.2. The third kappa shape index (κ3) is 5.24. The van der Waals surface area contributed by atoms with E-state index in [9.17, 15) is 26.4 Å². The van der Waals surface area contributed by atoms with Crippen molar-refractivity contribution in [3.8, 4) is 0 Å². The SMILES string of the molecule is CN(C)S(=O)(=O)c1ccc(Cl)c(C(=O)NCCc2ccc(C(F)(F)F)cc2)c1. The van der Waals surface area contributed by atoms with Gasteiger partial charge in [-0.2, -0.15) is 13.2 Å². The van der Waals surface area contributed by atoms with Gasteiger partial charge in [0.1, 0.15) is 0 Å². The Morgan fingerprint density at radius 2 is 1.71 bits per heavy atom. The third-order valence-corrected chi connectivity index (χ3v) is 6.08. The number of sulfonamides is 1. The van der Waals surface area contributed by atoms with Crippen molar-refractivity contribution in [3.05, 3.63) is 64.2 Å². The zero-order valence-corrected chi connectivity index (χ0v) is 16.6. The van der Waals surface area contributed by atoms with Gasteiger partial charge in [0.2, 0.25) is 10.0 Å². The van der Waals surface area contributed by atoms with Gasteiger partial charge in [0, 0.05) is 20.6 Å². The second kappa shape index (κ2) is 8.50. The Morgan fingerprint density at radius 3 is 2.25 bits per heavy atom. The van der Waals surface area contributed by atoms with E-state index < -0.39 is 27.7 Å². The fourth-order valence-corrected chi connectivity index (χ4v) is 3.46. The Labute approximate surface area is 166 Å². The molecule has 5 nitrogen and oxygen atoms in total. The first-order valence-electron chi connectivity index (χ1n) is 8.09. The van der Waals surface area contributed by atoms with Crippen molar-refractivity contribution in [2.45, 2.75) is 17.5 Å². The summed E-state index contributed by atoms with van der Waals surface area (Å²) in [6.45, 7) is 0.144. The van der Waals surface area contributed by atoms with E-state index in [4.69, 9.17) is 11.6 Å². The van der Waals surface area contributed by atoms with Crippen LogP contribution in [0, 0.1) is 0 Å². The van der Waals surface area contributed by atoms with Gasteiger partial charge in [-0.15, -0.1) is 0 Å². The molecule has 2 aromatic rings. The zero-order chi connectivity index (χ0) is 21.1. The molecule has 28 heavy (non-hydrogen) atoms. The average Bonchev–Trinajstić information content (AvgIpc) is 2.61. The van der Waals surface area contributed by atoms with Gasteiger partial charge in [0.25, 0.3) is 5.91 Å². The molecule has 0 radical (unpaired) electrons. The lowest BCUT2D eigenvalue weighted by molar-refractivity contribution is -0.137. The summed E-state index contributed by atoms with van der Waals surface area (Å²) in [6, 6.07) is 8.44. The molecule has 0 saturated heterocycles. The molecule has 0 aromatic heterocycles. The van der Waals surface area contributed by atoms with Crippen LogP contribution in [0.4, 0.5) is 13.2 Å². The summed E-state index contributed by atoms with van der Waals surface area (Å²) in [5.41, 5.74) is -0.133. The van der Waals surface area contributed by atoms with Crippen molar-refractivity contribution in [1.29, 1.82) is 0 Å². The van der Waals surface area contributed by atoms with Crippen molar-refractivity contribution in [2.24, 2.45) is 0 Å². The van der Waals surface area contributed by atoms with Crippen LogP contribution in [0.3, 0.4) is 0 Å². The summed E-state index contributed by atoms with van der Waals surface area (Å²) in [4.78, 5) is 12.3. The molecule has 0 bridgehead atoms. The van der Waals surface area contributed by atoms with Crippen LogP contribution in [0.15, 0.2) is 47.4 Å². The number of nitrogens with one attached hydrogen (secondary N) is 1. The highest BCUT2D eigenvalue weighted by Crippen LogP contribution is 2.29. The Balaban J connectivity index is 2.05. The maximum Gasteiger partial charge on any atom is 0.416 e. The van der Waals surface area contributed by atoms with Crippen molar-refractivity contribution in [1.82, 2.24) is 9.62 Å². The summed E-state index contributed by atoms with van der Waals surface area (Å²) < 4.78 is 63.1. The summed E-state index contributed by atoms with van der Waals surface area (Å²) in [5, 5.41) is 2.67. The second-order valence-electron chi connectivity index (χ2n) is 6.13. The van der Waals surface area contributed by atoms with Crippen LogP contribution < -0.4 is 5.32 Å². The molecule has 0 fully saturated rings. The van der Waals surface area contributed by atoms with Crippen LogP contribution in [0.5, 0.6) is 0 Å². The average molecular weight is 435 g/mol. The molecule has 1 N–H and O–H groups in total. The molecule has 10 heteroatoms. The van der Waals surface area contributed by atoms with Gasteiger partial charge in [-0.05, 0) is 42.3 Å². The van der Waals surface area contributed by atoms with Gasteiger partial charge in [-0.1, -0.05) is 23.7 Å². The third-order valence-electron chi connectivity index (χ3n) is 3.94. The van der Waals surface area contributed by atoms with Gasteiger partial charge in [0.15, 0.2) is 0 Å². The maximum absolute atomic E-state index is 12.6. The predicted molar refractivity (Wildman–Crippen MR) is 99.8 cm³/mol. The first kappa shape index (κ1) is 22.2. The maximum atomic E-state index is 12.6. The standard InChI is InChI=1S/C18H18ClF3N2O3S/c1-24(2)28(26,27)14-7-8-16(19)15(11-14)17(25)23-10-9-12-3-5-13(6-4-12)18(20,21)22/h3-8,11H,9-10H2,1-2H3,(H,23,25). The number of halogens is 4. The molecular formula is C18H18ClF3N2O3S. The van der Waals surface area contributed by atoms with Crippen LogP contribution in [0.1, 0.15) is 21.5 Å². The van der Waals surface area contributed by atoms with E-state index in [1.807, 2.05) is 0 Å². The molecule has 0 aliphatic rings. The smallest absolute Gasteiger partial charge is 0.352 e. The molecular weight excluding hydrogens is 417 g/mol. The topological polar surface area (TPSA) is 66.5 Å². The number of nitrogens with zero attached hydrogens (tertiary/aromatic N) is 1. The number of hydrogen-bond donors (Lipinski definition) is 1. The van der Waals surface area contributed by atoms with Crippen molar-refractivity contribution in [2.75, 3.05) is 20.6 Å². The van der Waals surface area contributed by atoms with Crippen LogP contribution in [-0.4, -0.2) is 39.3 Å². The van der Waals surface area contributed by atoms with E-state index in [0.29, 0.717) is 12.0 Å². The largest absolute Gasteiger partial charge is 0.416 e. The van der Waals surface area contributed by atoms with E-state index in [0.717, 1.165) is 16.4 Å². The highest BCUT2D eigenvalue weighted by Gasteiger charge is 2.29. The molecule has 0 atom stereocenters. The number of rotatable bonds is 6. The van der Waals surface area contributed by atoms with E-state index in [-0.39, 0.29) is 22.0 Å². The number of hydrogen-bond acceptors (Lipinski definition) is 3. The predicted octanol–water partition coefficient (Wildman–Crippen LogP) is 3.58. The number of alkyl halides is 3. The van der Waals surface area contributed by atoms with Crippen LogP contribution in [0.25, 0.3) is 0 Å². The zero-order valence-electron chi connectivity index (χ0n) is 15.0. The fraction of sp³-hybridized carbons (Fsp3) is 0.278. The highest BCUT2D eigenvalue weighted by atomic mass is 35.5. The highest BCUT2D eigenvalue weighted by molar-refractivity contribution is 7.89. The van der Waals surface area contributed by atoms with Gasteiger partial charge < -0.3 is 5.32 Å². The first-order valence-corrected chi connectivity index (χ1v) is 9.91. The number of carbonyl (C=O) groups is 1. The molecule has 0 aliphatic carbocycles. The number of benzene rings is 2. The van der Waals surface area contributed by atoms with E-state index in [1.165, 1.54) is 44.4 Å². The summed E-state index contributed by atoms with van der Waals surface area (Å²) in [6.07, 6.45) is -4.10. The summed E-state index contributed by atoms with van der Waals surface area (Å²) in [5.74, 6) is -0.576. The number of carbonyl (C=O) groups excluding carboxylic acids is 1. The van der Waals surface area contributed by atoms with E-state index in [2.05, 4.69) is 5.32 Å². The fourth-order valence-electron chi connectivity index (χ4n) is 2.33. The summed E-state index contributed by atoms with van der Waals surface area (Å²) >= 11 is 6.00. The van der Waals surface area contributed by atoms with E-state index >= 15 is 0 Å². The molecule has 0 saturated carbocycles. The first-order chi connectivity index (χ1) is 12.9. The van der Waals surface area contributed by atoms with Gasteiger partial charge in [-0.3, -0.25) is 4.79 Å². The monoisotopic (exact) mass is 434 g/mol.